The predicted octanol–water partition coefficient (Wildman–Crippen LogP) is 2.32. The van der Waals surface area contributed by atoms with Crippen LogP contribution in [-0.4, -0.2) is 30.2 Å². The van der Waals surface area contributed by atoms with Crippen molar-refractivity contribution in [2.45, 2.75) is 6.92 Å². The highest BCUT2D eigenvalue weighted by molar-refractivity contribution is 5.96. The largest absolute Gasteiger partial charge is 0.467 e. The molecule has 1 heterocycles. The maximum atomic E-state index is 11.7. The van der Waals surface area contributed by atoms with Gasteiger partial charge in [-0.1, -0.05) is 12.1 Å². The van der Waals surface area contributed by atoms with Crippen molar-refractivity contribution in [2.75, 3.05) is 19.5 Å². The van der Waals surface area contributed by atoms with E-state index in [1.807, 2.05) is 13.0 Å². The van der Waals surface area contributed by atoms with Crippen LogP contribution in [0.3, 0.4) is 0 Å². The van der Waals surface area contributed by atoms with E-state index in [9.17, 15) is 4.79 Å². The standard InChI is InChI=1S/C14H15N3O3/c1-9-8-12(17-14(15-9)20-3)16-11-7-5-4-6-10(11)13(18)19-2/h4-8H,1-3H3,(H,15,16,17). The van der Waals surface area contributed by atoms with Gasteiger partial charge in [0.2, 0.25) is 0 Å². The number of ether oxygens (including phenoxy) is 2. The number of aromatic nitrogens is 2. The number of carbonyl (C=O) groups is 1. The Bertz CT molecular complexity index is 629. The Morgan fingerprint density at radius 2 is 1.95 bits per heavy atom. The van der Waals surface area contributed by atoms with Crippen molar-refractivity contribution in [2.24, 2.45) is 0 Å². The number of rotatable bonds is 4. The zero-order valence-corrected chi connectivity index (χ0v) is 11.5. The molecule has 104 valence electrons. The molecule has 6 nitrogen and oxygen atoms in total. The molecule has 0 aliphatic carbocycles. The van der Waals surface area contributed by atoms with Crippen LogP contribution in [0.4, 0.5) is 11.5 Å². The Morgan fingerprint density at radius 1 is 1.20 bits per heavy atom. The van der Waals surface area contributed by atoms with Gasteiger partial charge in [0.15, 0.2) is 0 Å². The highest BCUT2D eigenvalue weighted by Crippen LogP contribution is 2.21. The molecule has 0 amide bonds. The SMILES string of the molecule is COC(=O)c1ccccc1Nc1cc(C)nc(OC)n1. The second-order valence-corrected chi connectivity index (χ2v) is 4.04. The number of nitrogens with one attached hydrogen (secondary N) is 1. The third-order valence-corrected chi connectivity index (χ3v) is 2.61. The summed E-state index contributed by atoms with van der Waals surface area (Å²) in [6, 6.07) is 9.07. The molecule has 0 radical (unpaired) electrons. The summed E-state index contributed by atoms with van der Waals surface area (Å²) in [6.45, 7) is 1.83. The summed E-state index contributed by atoms with van der Waals surface area (Å²) in [5.74, 6) is 0.136. The number of hydrogen-bond donors (Lipinski definition) is 1. The lowest BCUT2D eigenvalue weighted by Gasteiger charge is -2.11. The van der Waals surface area contributed by atoms with Crippen molar-refractivity contribution in [3.8, 4) is 6.01 Å². The molecule has 0 atom stereocenters. The van der Waals surface area contributed by atoms with Gasteiger partial charge >= 0.3 is 12.0 Å². The summed E-state index contributed by atoms with van der Waals surface area (Å²) in [4.78, 5) is 20.0. The van der Waals surface area contributed by atoms with Crippen LogP contribution in [0.5, 0.6) is 6.01 Å². The van der Waals surface area contributed by atoms with Gasteiger partial charge in [0.25, 0.3) is 0 Å². The van der Waals surface area contributed by atoms with Gasteiger partial charge in [-0.15, -0.1) is 0 Å². The van der Waals surface area contributed by atoms with E-state index in [1.165, 1.54) is 14.2 Å². The first kappa shape index (κ1) is 13.8. The Morgan fingerprint density at radius 3 is 2.65 bits per heavy atom. The van der Waals surface area contributed by atoms with Gasteiger partial charge in [0.05, 0.1) is 25.5 Å². The minimum absolute atomic E-state index is 0.267. The number of methoxy groups -OCH3 is 2. The summed E-state index contributed by atoms with van der Waals surface area (Å²) in [6.07, 6.45) is 0. The monoisotopic (exact) mass is 273 g/mol. The zero-order chi connectivity index (χ0) is 14.5. The number of nitrogens with zero attached hydrogens (tertiary/aromatic N) is 2. The van der Waals surface area contributed by atoms with Gasteiger partial charge in [-0.05, 0) is 19.1 Å². The average Bonchev–Trinajstić information content (AvgIpc) is 2.46. The predicted molar refractivity (Wildman–Crippen MR) is 74.4 cm³/mol. The summed E-state index contributed by atoms with van der Waals surface area (Å²) in [5.41, 5.74) is 1.81. The number of benzene rings is 1. The van der Waals surface area contributed by atoms with Crippen molar-refractivity contribution in [3.63, 3.8) is 0 Å². The van der Waals surface area contributed by atoms with Crippen molar-refractivity contribution < 1.29 is 14.3 Å². The Kier molecular flexibility index (Phi) is 4.14. The topological polar surface area (TPSA) is 73.3 Å². The number of hydrogen-bond acceptors (Lipinski definition) is 6. The molecule has 0 saturated carbocycles. The van der Waals surface area contributed by atoms with E-state index < -0.39 is 5.97 Å². The highest BCUT2D eigenvalue weighted by atomic mass is 16.5. The molecular weight excluding hydrogens is 258 g/mol. The van der Waals surface area contributed by atoms with Crippen LogP contribution in [-0.2, 0) is 4.74 Å². The number of anilines is 2. The van der Waals surface area contributed by atoms with E-state index in [0.717, 1.165) is 5.69 Å². The third kappa shape index (κ3) is 3.03. The molecule has 0 bridgehead atoms. The molecule has 6 heteroatoms. The van der Waals surface area contributed by atoms with E-state index in [0.29, 0.717) is 17.1 Å². The maximum Gasteiger partial charge on any atom is 0.339 e. The smallest absolute Gasteiger partial charge is 0.339 e. The minimum atomic E-state index is -0.411. The van der Waals surface area contributed by atoms with Crippen LogP contribution in [0.2, 0.25) is 0 Å². The van der Waals surface area contributed by atoms with Crippen LogP contribution in [0.15, 0.2) is 30.3 Å². The van der Waals surface area contributed by atoms with Crippen molar-refractivity contribution in [3.05, 3.63) is 41.6 Å². The quantitative estimate of drug-likeness (QED) is 0.862. The lowest BCUT2D eigenvalue weighted by molar-refractivity contribution is 0.0602. The van der Waals surface area contributed by atoms with Crippen LogP contribution >= 0.6 is 0 Å². The minimum Gasteiger partial charge on any atom is -0.467 e. The average molecular weight is 273 g/mol. The summed E-state index contributed by atoms with van der Waals surface area (Å²) in [5, 5.41) is 3.07. The number of esters is 1. The number of para-hydroxylation sites is 1. The number of carbonyl (C=O) groups excluding carboxylic acids is 1. The van der Waals surface area contributed by atoms with Crippen molar-refractivity contribution in [1.82, 2.24) is 9.97 Å². The first-order valence-corrected chi connectivity index (χ1v) is 5.98. The first-order valence-electron chi connectivity index (χ1n) is 5.98. The molecule has 2 rings (SSSR count). The first-order chi connectivity index (χ1) is 9.63. The van der Waals surface area contributed by atoms with Crippen molar-refractivity contribution in [1.29, 1.82) is 0 Å². The van der Waals surface area contributed by atoms with Gasteiger partial charge in [0.1, 0.15) is 5.82 Å². The molecule has 0 aliphatic heterocycles. The molecule has 0 aliphatic rings. The van der Waals surface area contributed by atoms with Crippen LogP contribution in [0.1, 0.15) is 16.1 Å². The van der Waals surface area contributed by atoms with E-state index >= 15 is 0 Å². The highest BCUT2D eigenvalue weighted by Gasteiger charge is 2.12. The van der Waals surface area contributed by atoms with Gasteiger partial charge in [0, 0.05) is 11.8 Å². The lowest BCUT2D eigenvalue weighted by atomic mass is 10.2. The van der Waals surface area contributed by atoms with Crippen LogP contribution < -0.4 is 10.1 Å². The summed E-state index contributed by atoms with van der Waals surface area (Å²) in [7, 11) is 2.85. The fourth-order valence-electron chi connectivity index (χ4n) is 1.71. The van der Waals surface area contributed by atoms with Crippen molar-refractivity contribution >= 4 is 17.5 Å². The Hall–Kier alpha value is -2.63. The zero-order valence-electron chi connectivity index (χ0n) is 11.5. The van der Waals surface area contributed by atoms with E-state index in [-0.39, 0.29) is 6.01 Å². The molecule has 0 unspecified atom stereocenters. The molecule has 1 N–H and O–H groups in total. The molecule has 0 fully saturated rings. The number of aryl methyl sites for hydroxylation is 1. The van der Waals surface area contributed by atoms with Gasteiger partial charge in [-0.2, -0.15) is 4.98 Å². The third-order valence-electron chi connectivity index (χ3n) is 2.61. The van der Waals surface area contributed by atoms with E-state index in [4.69, 9.17) is 9.47 Å². The molecule has 1 aromatic heterocycles. The second-order valence-electron chi connectivity index (χ2n) is 4.04. The Balaban J connectivity index is 2.35. The fourth-order valence-corrected chi connectivity index (χ4v) is 1.71. The molecular formula is C14H15N3O3. The Labute approximate surface area is 116 Å². The van der Waals surface area contributed by atoms with Gasteiger partial charge < -0.3 is 14.8 Å². The van der Waals surface area contributed by atoms with E-state index in [1.54, 1.807) is 24.3 Å². The summed E-state index contributed by atoms with van der Waals surface area (Å²) >= 11 is 0. The second kappa shape index (κ2) is 6.01. The maximum absolute atomic E-state index is 11.7. The van der Waals surface area contributed by atoms with Gasteiger partial charge in [-0.25, -0.2) is 9.78 Å². The van der Waals surface area contributed by atoms with Crippen LogP contribution in [0.25, 0.3) is 0 Å². The summed E-state index contributed by atoms with van der Waals surface area (Å²) < 4.78 is 9.77. The lowest BCUT2D eigenvalue weighted by Crippen LogP contribution is -2.06. The molecule has 20 heavy (non-hydrogen) atoms. The molecule has 0 saturated heterocycles. The molecule has 2 aromatic rings. The van der Waals surface area contributed by atoms with E-state index in [2.05, 4.69) is 15.3 Å². The fraction of sp³-hybridized carbons (Fsp3) is 0.214. The normalized spacial score (nSPS) is 9.95. The van der Waals surface area contributed by atoms with Crippen LogP contribution in [0, 0.1) is 6.92 Å². The molecule has 1 aromatic carbocycles. The van der Waals surface area contributed by atoms with Gasteiger partial charge in [-0.3, -0.25) is 0 Å². The molecule has 0 spiro atoms.